The third kappa shape index (κ3) is 2.51. The lowest BCUT2D eigenvalue weighted by Gasteiger charge is -2.13. The molecule has 0 spiro atoms. The summed E-state index contributed by atoms with van der Waals surface area (Å²) in [6, 6.07) is 2.49. The molecule has 3 N–H and O–H groups in total. The molecule has 0 radical (unpaired) electrons. The predicted molar refractivity (Wildman–Crippen MR) is 65.0 cm³/mol. The first kappa shape index (κ1) is 13.0. The number of aryl methyl sites for hydroxylation is 1. The quantitative estimate of drug-likeness (QED) is 0.851. The summed E-state index contributed by atoms with van der Waals surface area (Å²) in [6.07, 6.45) is 2.01. The Morgan fingerprint density at radius 3 is 2.72 bits per heavy atom. The fraction of sp³-hybridized carbons (Fsp3) is 0.462. The van der Waals surface area contributed by atoms with Gasteiger partial charge in [0.15, 0.2) is 5.82 Å². The van der Waals surface area contributed by atoms with E-state index in [2.05, 4.69) is 5.32 Å². The number of nitrogens with one attached hydrogen (secondary N) is 1. The van der Waals surface area contributed by atoms with Gasteiger partial charge in [-0.2, -0.15) is 0 Å². The molecule has 0 saturated heterocycles. The minimum Gasteiger partial charge on any atom is -0.328 e. The van der Waals surface area contributed by atoms with Crippen molar-refractivity contribution in [3.05, 3.63) is 29.3 Å². The highest BCUT2D eigenvalue weighted by Gasteiger charge is 2.28. The van der Waals surface area contributed by atoms with Gasteiger partial charge in [-0.25, -0.2) is 8.78 Å². The third-order valence-electron chi connectivity index (χ3n) is 3.38. The van der Waals surface area contributed by atoms with Crippen LogP contribution in [0.3, 0.4) is 0 Å². The van der Waals surface area contributed by atoms with E-state index in [0.717, 1.165) is 12.5 Å². The molecule has 1 saturated carbocycles. The lowest BCUT2D eigenvalue weighted by Crippen LogP contribution is -2.24. The second-order valence-electron chi connectivity index (χ2n) is 4.81. The smallest absolute Gasteiger partial charge is 0.227 e. The summed E-state index contributed by atoms with van der Waals surface area (Å²) in [6.45, 7) is 1.52. The number of anilines is 1. The Labute approximate surface area is 104 Å². The van der Waals surface area contributed by atoms with Crippen molar-refractivity contribution in [3.63, 3.8) is 0 Å². The molecule has 18 heavy (non-hydrogen) atoms. The van der Waals surface area contributed by atoms with E-state index in [9.17, 15) is 13.6 Å². The number of carbonyl (C=O) groups is 1. The number of carbonyl (C=O) groups excluding carboxylic acids is 1. The fourth-order valence-electron chi connectivity index (χ4n) is 2.25. The van der Waals surface area contributed by atoms with Gasteiger partial charge in [0.05, 0.1) is 0 Å². The van der Waals surface area contributed by atoms with Crippen LogP contribution in [0, 0.1) is 24.5 Å². The maximum atomic E-state index is 13.7. The molecule has 2 atom stereocenters. The minimum absolute atomic E-state index is 0.00736. The van der Waals surface area contributed by atoms with E-state index < -0.39 is 11.6 Å². The molecule has 3 nitrogen and oxygen atoms in total. The average molecular weight is 254 g/mol. The van der Waals surface area contributed by atoms with E-state index >= 15 is 0 Å². The van der Waals surface area contributed by atoms with Gasteiger partial charge in [0.1, 0.15) is 11.5 Å². The Hall–Kier alpha value is -1.49. The van der Waals surface area contributed by atoms with E-state index in [1.165, 1.54) is 13.0 Å². The normalized spacial score (nSPS) is 23.1. The van der Waals surface area contributed by atoms with Crippen molar-refractivity contribution in [2.24, 2.45) is 11.7 Å². The van der Waals surface area contributed by atoms with Crippen LogP contribution in [0.5, 0.6) is 0 Å². The van der Waals surface area contributed by atoms with Gasteiger partial charge in [-0.15, -0.1) is 0 Å². The number of amides is 1. The van der Waals surface area contributed by atoms with Gasteiger partial charge in [0, 0.05) is 12.0 Å². The van der Waals surface area contributed by atoms with Crippen molar-refractivity contribution in [1.29, 1.82) is 0 Å². The molecule has 1 aliphatic rings. The van der Waals surface area contributed by atoms with Gasteiger partial charge in [-0.3, -0.25) is 4.79 Å². The van der Waals surface area contributed by atoms with Gasteiger partial charge in [0.25, 0.3) is 0 Å². The van der Waals surface area contributed by atoms with Crippen molar-refractivity contribution in [3.8, 4) is 0 Å². The maximum absolute atomic E-state index is 13.7. The zero-order valence-corrected chi connectivity index (χ0v) is 10.2. The second kappa shape index (κ2) is 5.02. The molecule has 1 amide bonds. The van der Waals surface area contributed by atoms with Crippen LogP contribution in [0.4, 0.5) is 14.5 Å². The molecule has 98 valence electrons. The van der Waals surface area contributed by atoms with Crippen LogP contribution < -0.4 is 11.1 Å². The Bertz CT molecular complexity index is 476. The number of nitrogens with two attached hydrogens (primary N) is 1. The van der Waals surface area contributed by atoms with E-state index in [1.807, 2.05) is 0 Å². The highest BCUT2D eigenvalue weighted by molar-refractivity contribution is 5.93. The lowest BCUT2D eigenvalue weighted by atomic mass is 10.1. The molecular formula is C13H16F2N2O. The molecule has 0 aliphatic heterocycles. The second-order valence-corrected chi connectivity index (χ2v) is 4.81. The topological polar surface area (TPSA) is 55.1 Å². The number of halogens is 2. The summed E-state index contributed by atoms with van der Waals surface area (Å²) < 4.78 is 27.2. The zero-order valence-electron chi connectivity index (χ0n) is 10.2. The summed E-state index contributed by atoms with van der Waals surface area (Å²) in [4.78, 5) is 11.9. The molecule has 1 aromatic rings. The maximum Gasteiger partial charge on any atom is 0.227 e. The number of rotatable bonds is 2. The first-order valence-corrected chi connectivity index (χ1v) is 6.00. The van der Waals surface area contributed by atoms with E-state index in [0.29, 0.717) is 18.4 Å². The number of hydrogen-bond donors (Lipinski definition) is 2. The molecule has 1 fully saturated rings. The largest absolute Gasteiger partial charge is 0.328 e. The highest BCUT2D eigenvalue weighted by Crippen LogP contribution is 2.27. The summed E-state index contributed by atoms with van der Waals surface area (Å²) >= 11 is 0. The first-order valence-electron chi connectivity index (χ1n) is 6.00. The predicted octanol–water partition coefficient (Wildman–Crippen LogP) is 2.34. The van der Waals surface area contributed by atoms with Crippen molar-refractivity contribution in [1.82, 2.24) is 0 Å². The third-order valence-corrected chi connectivity index (χ3v) is 3.38. The molecule has 1 aliphatic carbocycles. The van der Waals surface area contributed by atoms with Crippen LogP contribution >= 0.6 is 0 Å². The zero-order chi connectivity index (χ0) is 13.3. The van der Waals surface area contributed by atoms with Crippen LogP contribution in [0.1, 0.15) is 24.8 Å². The van der Waals surface area contributed by atoms with Crippen LogP contribution in [0.2, 0.25) is 0 Å². The Kier molecular flexibility index (Phi) is 3.61. The SMILES string of the molecule is Cc1ccc(F)c(NC(=O)C2CCC(N)C2)c1F. The van der Waals surface area contributed by atoms with Crippen molar-refractivity contribution in [2.75, 3.05) is 5.32 Å². The van der Waals surface area contributed by atoms with Crippen LogP contribution in [-0.4, -0.2) is 11.9 Å². The van der Waals surface area contributed by atoms with Gasteiger partial charge in [0.2, 0.25) is 5.91 Å². The van der Waals surface area contributed by atoms with Crippen LogP contribution in [0.15, 0.2) is 12.1 Å². The highest BCUT2D eigenvalue weighted by atomic mass is 19.1. The molecule has 2 unspecified atom stereocenters. The number of hydrogen-bond acceptors (Lipinski definition) is 2. The molecule has 5 heteroatoms. The van der Waals surface area contributed by atoms with E-state index in [4.69, 9.17) is 5.73 Å². The van der Waals surface area contributed by atoms with Gasteiger partial charge < -0.3 is 11.1 Å². The Morgan fingerprint density at radius 1 is 1.39 bits per heavy atom. The Morgan fingerprint density at radius 2 is 2.11 bits per heavy atom. The van der Waals surface area contributed by atoms with Crippen LogP contribution in [-0.2, 0) is 4.79 Å². The van der Waals surface area contributed by atoms with Gasteiger partial charge >= 0.3 is 0 Å². The number of benzene rings is 1. The van der Waals surface area contributed by atoms with Gasteiger partial charge in [-0.1, -0.05) is 6.07 Å². The summed E-state index contributed by atoms with van der Waals surface area (Å²) in [5.74, 6) is -2.08. The van der Waals surface area contributed by atoms with Crippen molar-refractivity contribution in [2.45, 2.75) is 32.2 Å². The first-order chi connectivity index (χ1) is 8.49. The van der Waals surface area contributed by atoms with Crippen molar-refractivity contribution >= 4 is 11.6 Å². The fourth-order valence-corrected chi connectivity index (χ4v) is 2.25. The van der Waals surface area contributed by atoms with E-state index in [1.54, 1.807) is 0 Å². The summed E-state index contributed by atoms with van der Waals surface area (Å²) in [5, 5.41) is 2.34. The lowest BCUT2D eigenvalue weighted by molar-refractivity contribution is -0.119. The molecular weight excluding hydrogens is 238 g/mol. The summed E-state index contributed by atoms with van der Waals surface area (Å²) in [5.41, 5.74) is 5.65. The van der Waals surface area contributed by atoms with Crippen LogP contribution in [0.25, 0.3) is 0 Å². The molecule has 0 bridgehead atoms. The summed E-state index contributed by atoms with van der Waals surface area (Å²) in [7, 11) is 0. The standard InChI is InChI=1S/C13H16F2N2O/c1-7-2-5-10(14)12(11(7)15)17-13(18)8-3-4-9(16)6-8/h2,5,8-9H,3-4,6,16H2,1H3,(H,17,18). The Balaban J connectivity index is 2.14. The molecule has 0 heterocycles. The molecule has 0 aromatic heterocycles. The average Bonchev–Trinajstić information content (AvgIpc) is 2.76. The van der Waals surface area contributed by atoms with Crippen molar-refractivity contribution < 1.29 is 13.6 Å². The monoisotopic (exact) mass is 254 g/mol. The van der Waals surface area contributed by atoms with Gasteiger partial charge in [-0.05, 0) is 37.8 Å². The minimum atomic E-state index is -0.756. The molecule has 1 aromatic carbocycles. The van der Waals surface area contributed by atoms with E-state index in [-0.39, 0.29) is 23.6 Å². The molecule has 2 rings (SSSR count).